The molecule has 4 rings (SSSR count). The summed E-state index contributed by atoms with van der Waals surface area (Å²) in [6.45, 7) is 1.78. The average Bonchev–Trinajstić information content (AvgIpc) is 3.17. The maximum atomic E-state index is 13.3. The minimum atomic E-state index is -0.756. The van der Waals surface area contributed by atoms with Crippen LogP contribution in [0.5, 0.6) is 0 Å². The first kappa shape index (κ1) is 19.6. The monoisotopic (exact) mass is 394 g/mol. The molecule has 2 aromatic carbocycles. The van der Waals surface area contributed by atoms with Gasteiger partial charge in [-0.1, -0.05) is 54.6 Å². The molecular formula is C23H26N2O4. The lowest BCUT2D eigenvalue weighted by Crippen LogP contribution is -2.49. The predicted octanol–water partition coefficient (Wildman–Crippen LogP) is 2.57. The molecule has 6 nitrogen and oxygen atoms in total. The molecule has 1 saturated heterocycles. The van der Waals surface area contributed by atoms with Crippen molar-refractivity contribution in [3.63, 3.8) is 0 Å². The van der Waals surface area contributed by atoms with Crippen molar-refractivity contribution in [2.24, 2.45) is 11.7 Å². The van der Waals surface area contributed by atoms with Crippen molar-refractivity contribution < 1.29 is 19.1 Å². The summed E-state index contributed by atoms with van der Waals surface area (Å²) in [5, 5.41) is 0. The average molecular weight is 394 g/mol. The molecule has 0 aliphatic carbocycles. The number of hydrogen-bond acceptors (Lipinski definition) is 5. The molecule has 0 bridgehead atoms. The highest BCUT2D eigenvalue weighted by atomic mass is 16.5. The normalized spacial score (nSPS) is 20.2. The van der Waals surface area contributed by atoms with E-state index in [9.17, 15) is 9.59 Å². The van der Waals surface area contributed by atoms with E-state index in [0.717, 1.165) is 29.5 Å². The van der Waals surface area contributed by atoms with Crippen LogP contribution in [0.15, 0.2) is 54.6 Å². The Morgan fingerprint density at radius 1 is 1.07 bits per heavy atom. The lowest BCUT2D eigenvalue weighted by Gasteiger charge is -2.32. The Morgan fingerprint density at radius 2 is 1.76 bits per heavy atom. The molecule has 2 heterocycles. The smallest absolute Gasteiger partial charge is 0.333 e. The largest absolute Gasteiger partial charge is 0.459 e. The van der Waals surface area contributed by atoms with Gasteiger partial charge in [-0.3, -0.25) is 4.79 Å². The van der Waals surface area contributed by atoms with Crippen LogP contribution in [0.1, 0.15) is 35.6 Å². The van der Waals surface area contributed by atoms with Crippen LogP contribution in [-0.2, 0) is 32.2 Å². The third-order valence-electron chi connectivity index (χ3n) is 5.79. The summed E-state index contributed by atoms with van der Waals surface area (Å²) in [7, 11) is 0. The topological polar surface area (TPSA) is 81.9 Å². The Hall–Kier alpha value is -2.70. The molecule has 0 saturated carbocycles. The Kier molecular flexibility index (Phi) is 5.92. The summed E-state index contributed by atoms with van der Waals surface area (Å²) in [6, 6.07) is 15.7. The molecular weight excluding hydrogens is 368 g/mol. The minimum absolute atomic E-state index is 0.0703. The number of nitrogens with two attached hydrogens (primary N) is 1. The van der Waals surface area contributed by atoms with E-state index in [-0.39, 0.29) is 18.4 Å². The summed E-state index contributed by atoms with van der Waals surface area (Å²) in [4.78, 5) is 27.9. The summed E-state index contributed by atoms with van der Waals surface area (Å²) < 4.78 is 11.0. The van der Waals surface area contributed by atoms with E-state index in [1.54, 1.807) is 4.90 Å². The fraction of sp³-hybridized carbons (Fsp3) is 0.391. The van der Waals surface area contributed by atoms with E-state index >= 15 is 0 Å². The molecule has 152 valence electrons. The second kappa shape index (κ2) is 8.76. The van der Waals surface area contributed by atoms with Crippen LogP contribution in [0.25, 0.3) is 0 Å². The van der Waals surface area contributed by atoms with E-state index in [1.165, 1.54) is 0 Å². The Balaban J connectivity index is 1.52. The second-order valence-electron chi connectivity index (χ2n) is 7.64. The predicted molar refractivity (Wildman–Crippen MR) is 107 cm³/mol. The van der Waals surface area contributed by atoms with E-state index in [4.69, 9.17) is 15.2 Å². The van der Waals surface area contributed by atoms with E-state index in [2.05, 4.69) is 0 Å². The molecule has 2 aromatic rings. The standard InChI is InChI=1S/C23H26N2O4/c24-20(17-10-12-28-13-11-17)22(26)25-14-18-8-4-5-9-19(18)21(25)23(27)29-15-16-6-2-1-3-7-16/h1-9,17,20-21H,10-15,24H2/t20?,21-/m0/s1. The molecule has 2 aliphatic heterocycles. The highest BCUT2D eigenvalue weighted by Gasteiger charge is 2.42. The van der Waals surface area contributed by atoms with Crippen LogP contribution in [-0.4, -0.2) is 36.0 Å². The van der Waals surface area contributed by atoms with Crippen LogP contribution in [0.2, 0.25) is 0 Å². The van der Waals surface area contributed by atoms with Gasteiger partial charge in [-0.25, -0.2) is 4.79 Å². The first-order chi connectivity index (χ1) is 14.1. The molecule has 2 atom stereocenters. The Morgan fingerprint density at radius 3 is 2.52 bits per heavy atom. The molecule has 0 aromatic heterocycles. The number of ether oxygens (including phenoxy) is 2. The summed E-state index contributed by atoms with van der Waals surface area (Å²) >= 11 is 0. The van der Waals surface area contributed by atoms with Crippen molar-refractivity contribution in [1.82, 2.24) is 4.90 Å². The number of benzene rings is 2. The van der Waals surface area contributed by atoms with Crippen molar-refractivity contribution in [3.8, 4) is 0 Å². The fourth-order valence-electron chi connectivity index (χ4n) is 4.12. The van der Waals surface area contributed by atoms with Crippen molar-refractivity contribution in [2.45, 2.75) is 38.1 Å². The first-order valence-electron chi connectivity index (χ1n) is 10.1. The molecule has 1 unspecified atom stereocenters. The van der Waals surface area contributed by atoms with Gasteiger partial charge in [-0.05, 0) is 35.4 Å². The van der Waals surface area contributed by atoms with Crippen LogP contribution in [0.4, 0.5) is 0 Å². The zero-order valence-corrected chi connectivity index (χ0v) is 16.3. The van der Waals surface area contributed by atoms with Gasteiger partial charge >= 0.3 is 5.97 Å². The first-order valence-corrected chi connectivity index (χ1v) is 10.1. The highest BCUT2D eigenvalue weighted by Crippen LogP contribution is 2.36. The molecule has 1 amide bonds. The van der Waals surface area contributed by atoms with Gasteiger partial charge in [0.05, 0.1) is 6.04 Å². The SMILES string of the molecule is NC(C(=O)N1Cc2ccccc2[C@H]1C(=O)OCc1ccccc1)C1CCOCC1. The quantitative estimate of drug-likeness (QED) is 0.789. The lowest BCUT2D eigenvalue weighted by molar-refractivity contribution is -0.157. The van der Waals surface area contributed by atoms with E-state index in [0.29, 0.717) is 19.8 Å². The number of fused-ring (bicyclic) bond motifs is 1. The van der Waals surface area contributed by atoms with E-state index in [1.807, 2.05) is 54.6 Å². The fourth-order valence-corrected chi connectivity index (χ4v) is 4.12. The van der Waals surface area contributed by atoms with E-state index < -0.39 is 18.1 Å². The molecule has 0 radical (unpaired) electrons. The van der Waals surface area contributed by atoms with Crippen molar-refractivity contribution in [2.75, 3.05) is 13.2 Å². The third-order valence-corrected chi connectivity index (χ3v) is 5.79. The molecule has 0 spiro atoms. The number of hydrogen-bond donors (Lipinski definition) is 1. The molecule has 6 heteroatoms. The number of carbonyl (C=O) groups excluding carboxylic acids is 2. The lowest BCUT2D eigenvalue weighted by atomic mass is 9.91. The maximum absolute atomic E-state index is 13.3. The number of esters is 1. The Labute approximate surface area is 170 Å². The van der Waals surface area contributed by atoms with Crippen LogP contribution in [0, 0.1) is 5.92 Å². The third kappa shape index (κ3) is 4.18. The zero-order chi connectivity index (χ0) is 20.2. The van der Waals surface area contributed by atoms with Gasteiger partial charge in [0.1, 0.15) is 6.61 Å². The number of carbonyl (C=O) groups is 2. The van der Waals surface area contributed by atoms with Crippen molar-refractivity contribution in [3.05, 3.63) is 71.3 Å². The van der Waals surface area contributed by atoms with Gasteiger partial charge in [-0.15, -0.1) is 0 Å². The van der Waals surface area contributed by atoms with Crippen molar-refractivity contribution >= 4 is 11.9 Å². The molecule has 29 heavy (non-hydrogen) atoms. The highest BCUT2D eigenvalue weighted by molar-refractivity contribution is 5.90. The second-order valence-corrected chi connectivity index (χ2v) is 7.64. The maximum Gasteiger partial charge on any atom is 0.333 e. The zero-order valence-electron chi connectivity index (χ0n) is 16.3. The van der Waals surface area contributed by atoms with Gasteiger partial charge in [0, 0.05) is 19.8 Å². The number of amides is 1. The summed E-state index contributed by atoms with van der Waals surface area (Å²) in [6.07, 6.45) is 1.52. The van der Waals surface area contributed by atoms with Gasteiger partial charge in [0.25, 0.3) is 0 Å². The van der Waals surface area contributed by atoms with Crippen LogP contribution >= 0.6 is 0 Å². The minimum Gasteiger partial charge on any atom is -0.459 e. The van der Waals surface area contributed by atoms with Crippen LogP contribution in [0.3, 0.4) is 0 Å². The summed E-state index contributed by atoms with van der Waals surface area (Å²) in [5.41, 5.74) is 9.02. The molecule has 1 fully saturated rings. The van der Waals surface area contributed by atoms with Crippen LogP contribution < -0.4 is 5.73 Å². The molecule has 2 aliphatic rings. The number of rotatable bonds is 5. The summed E-state index contributed by atoms with van der Waals surface area (Å²) in [5.74, 6) is -0.554. The van der Waals surface area contributed by atoms with Gasteiger partial charge < -0.3 is 20.1 Å². The van der Waals surface area contributed by atoms with Crippen molar-refractivity contribution in [1.29, 1.82) is 0 Å². The van der Waals surface area contributed by atoms with Gasteiger partial charge in [-0.2, -0.15) is 0 Å². The number of nitrogens with zero attached hydrogens (tertiary/aromatic N) is 1. The molecule has 2 N–H and O–H groups in total. The van der Waals surface area contributed by atoms with Gasteiger partial charge in [0.2, 0.25) is 5.91 Å². The van der Waals surface area contributed by atoms with Gasteiger partial charge in [0.15, 0.2) is 6.04 Å². The Bertz CT molecular complexity index is 864.